The standard InChI is InChI=1S/C23H28N8O2S/c1-3-10-25-20-17-14-27-31(21(17)29-23(28-20)34-4-2)13-11-24-19(32)9-12-30-15-26-18-8-6-5-7-16(18)22(30)33/h5-8,14-15H,3-4,9-13H2,1-2H3,(H,24,32)(H,25,28,29). The molecule has 34 heavy (non-hydrogen) atoms. The van der Waals surface area contributed by atoms with Crippen molar-refractivity contribution >= 4 is 45.4 Å². The van der Waals surface area contributed by atoms with Gasteiger partial charge in [0.2, 0.25) is 5.91 Å². The number of anilines is 1. The van der Waals surface area contributed by atoms with Crippen molar-refractivity contribution in [3.63, 3.8) is 0 Å². The molecule has 0 fully saturated rings. The first kappa shape index (κ1) is 23.7. The van der Waals surface area contributed by atoms with Crippen molar-refractivity contribution in [2.75, 3.05) is 24.2 Å². The summed E-state index contributed by atoms with van der Waals surface area (Å²) in [7, 11) is 0. The fraction of sp³-hybridized carbons (Fsp3) is 0.391. The number of aromatic nitrogens is 6. The second kappa shape index (κ2) is 11.1. The fourth-order valence-corrected chi connectivity index (χ4v) is 4.11. The molecule has 10 nitrogen and oxygen atoms in total. The second-order valence-electron chi connectivity index (χ2n) is 7.68. The summed E-state index contributed by atoms with van der Waals surface area (Å²) in [6, 6.07) is 7.18. The quantitative estimate of drug-likeness (QED) is 0.248. The number of fused-ring (bicyclic) bond motifs is 2. The average molecular weight is 481 g/mol. The Hall–Kier alpha value is -3.47. The van der Waals surface area contributed by atoms with Crippen LogP contribution in [-0.2, 0) is 17.9 Å². The van der Waals surface area contributed by atoms with Gasteiger partial charge < -0.3 is 10.6 Å². The third-order valence-electron chi connectivity index (χ3n) is 5.25. The zero-order valence-corrected chi connectivity index (χ0v) is 20.1. The number of hydrogen-bond acceptors (Lipinski definition) is 8. The molecule has 2 N–H and O–H groups in total. The van der Waals surface area contributed by atoms with Crippen LogP contribution >= 0.6 is 11.8 Å². The van der Waals surface area contributed by atoms with E-state index in [0.717, 1.165) is 35.6 Å². The zero-order chi connectivity index (χ0) is 23.9. The number of aryl methyl sites for hydroxylation is 1. The lowest BCUT2D eigenvalue weighted by atomic mass is 10.2. The van der Waals surface area contributed by atoms with Gasteiger partial charge in [0.15, 0.2) is 10.8 Å². The summed E-state index contributed by atoms with van der Waals surface area (Å²) < 4.78 is 3.25. The number of nitrogens with zero attached hydrogens (tertiary/aromatic N) is 6. The minimum Gasteiger partial charge on any atom is -0.369 e. The van der Waals surface area contributed by atoms with Crippen molar-refractivity contribution in [1.82, 2.24) is 34.6 Å². The molecule has 178 valence electrons. The summed E-state index contributed by atoms with van der Waals surface area (Å²) in [6.45, 7) is 6.13. The molecule has 0 atom stereocenters. The Morgan fingerprint density at radius 3 is 2.76 bits per heavy atom. The van der Waals surface area contributed by atoms with E-state index in [1.165, 1.54) is 10.9 Å². The van der Waals surface area contributed by atoms with Crippen LogP contribution in [-0.4, -0.2) is 54.0 Å². The van der Waals surface area contributed by atoms with Gasteiger partial charge in [-0.25, -0.2) is 19.6 Å². The predicted octanol–water partition coefficient (Wildman–Crippen LogP) is 2.68. The number of amides is 1. The van der Waals surface area contributed by atoms with E-state index in [2.05, 4.69) is 44.5 Å². The molecule has 3 heterocycles. The van der Waals surface area contributed by atoms with Crippen LogP contribution in [0.4, 0.5) is 5.82 Å². The summed E-state index contributed by atoms with van der Waals surface area (Å²) in [4.78, 5) is 38.5. The molecule has 4 rings (SSSR count). The molecule has 0 unspecified atom stereocenters. The number of thioether (sulfide) groups is 1. The predicted molar refractivity (Wildman–Crippen MR) is 134 cm³/mol. The van der Waals surface area contributed by atoms with Gasteiger partial charge >= 0.3 is 0 Å². The van der Waals surface area contributed by atoms with Crippen molar-refractivity contribution in [3.8, 4) is 0 Å². The Morgan fingerprint density at radius 1 is 1.09 bits per heavy atom. The largest absolute Gasteiger partial charge is 0.369 e. The average Bonchev–Trinajstić information content (AvgIpc) is 3.25. The maximum absolute atomic E-state index is 12.6. The Bertz CT molecular complexity index is 1350. The maximum Gasteiger partial charge on any atom is 0.261 e. The highest BCUT2D eigenvalue weighted by Crippen LogP contribution is 2.24. The summed E-state index contributed by atoms with van der Waals surface area (Å²) >= 11 is 1.58. The van der Waals surface area contributed by atoms with Crippen molar-refractivity contribution in [3.05, 3.63) is 47.1 Å². The smallest absolute Gasteiger partial charge is 0.261 e. The molecule has 3 aromatic heterocycles. The van der Waals surface area contributed by atoms with Crippen LogP contribution < -0.4 is 16.2 Å². The van der Waals surface area contributed by atoms with Crippen LogP contribution in [0.5, 0.6) is 0 Å². The summed E-state index contributed by atoms with van der Waals surface area (Å²) in [5, 5.41) is 12.8. The van der Waals surface area contributed by atoms with Crippen LogP contribution in [0.25, 0.3) is 21.9 Å². The van der Waals surface area contributed by atoms with Gasteiger partial charge in [0.1, 0.15) is 5.82 Å². The van der Waals surface area contributed by atoms with Crippen molar-refractivity contribution in [1.29, 1.82) is 0 Å². The van der Waals surface area contributed by atoms with Gasteiger partial charge in [-0.1, -0.05) is 37.7 Å². The second-order valence-corrected chi connectivity index (χ2v) is 8.91. The van der Waals surface area contributed by atoms with Gasteiger partial charge in [-0.05, 0) is 24.3 Å². The molecule has 0 saturated carbocycles. The van der Waals surface area contributed by atoms with Crippen LogP contribution in [0.1, 0.15) is 26.7 Å². The van der Waals surface area contributed by atoms with Crippen LogP contribution in [0, 0.1) is 0 Å². The van der Waals surface area contributed by atoms with Crippen molar-refractivity contribution < 1.29 is 4.79 Å². The topological polar surface area (TPSA) is 120 Å². The lowest BCUT2D eigenvalue weighted by Crippen LogP contribution is -2.30. The third-order valence-corrected chi connectivity index (χ3v) is 5.98. The van der Waals surface area contributed by atoms with Crippen LogP contribution in [0.2, 0.25) is 0 Å². The Morgan fingerprint density at radius 2 is 1.94 bits per heavy atom. The molecule has 1 amide bonds. The first-order valence-corrected chi connectivity index (χ1v) is 12.4. The van der Waals surface area contributed by atoms with Gasteiger partial charge in [0.05, 0.1) is 35.4 Å². The molecule has 11 heteroatoms. The highest BCUT2D eigenvalue weighted by Gasteiger charge is 2.13. The third kappa shape index (κ3) is 5.36. The molecule has 0 radical (unpaired) electrons. The van der Waals surface area contributed by atoms with Gasteiger partial charge in [-0.3, -0.25) is 14.2 Å². The monoisotopic (exact) mass is 480 g/mol. The molecule has 0 aliphatic carbocycles. The van der Waals surface area contributed by atoms with Gasteiger partial charge in [-0.15, -0.1) is 0 Å². The fourth-order valence-electron chi connectivity index (χ4n) is 3.55. The molecule has 0 saturated heterocycles. The summed E-state index contributed by atoms with van der Waals surface area (Å²) in [5.74, 6) is 1.52. The van der Waals surface area contributed by atoms with Crippen LogP contribution in [0.15, 0.2) is 46.7 Å². The molecule has 0 aliphatic rings. The van der Waals surface area contributed by atoms with Gasteiger partial charge in [0.25, 0.3) is 5.56 Å². The Labute approximate surface area is 201 Å². The molecule has 0 bridgehead atoms. The minimum atomic E-state index is -0.144. The van der Waals surface area contributed by atoms with Crippen molar-refractivity contribution in [2.24, 2.45) is 0 Å². The van der Waals surface area contributed by atoms with Gasteiger partial charge in [-0.2, -0.15) is 5.10 Å². The number of benzene rings is 1. The van der Waals surface area contributed by atoms with Gasteiger partial charge in [0, 0.05) is 26.1 Å². The number of para-hydroxylation sites is 1. The van der Waals surface area contributed by atoms with E-state index < -0.39 is 0 Å². The number of carbonyl (C=O) groups is 1. The molecule has 0 spiro atoms. The number of nitrogens with one attached hydrogen (secondary N) is 2. The first-order chi connectivity index (χ1) is 16.6. The van der Waals surface area contributed by atoms with E-state index in [1.54, 1.807) is 40.8 Å². The van der Waals surface area contributed by atoms with E-state index in [0.29, 0.717) is 29.1 Å². The minimum absolute atomic E-state index is 0.140. The van der Waals surface area contributed by atoms with E-state index in [4.69, 9.17) is 0 Å². The van der Waals surface area contributed by atoms with Crippen molar-refractivity contribution in [2.45, 2.75) is 44.9 Å². The number of carbonyl (C=O) groups excluding carboxylic acids is 1. The first-order valence-electron chi connectivity index (χ1n) is 11.4. The molecule has 0 aliphatic heterocycles. The highest BCUT2D eigenvalue weighted by molar-refractivity contribution is 7.99. The lowest BCUT2D eigenvalue weighted by Gasteiger charge is -2.10. The molecule has 4 aromatic rings. The molecular weight excluding hydrogens is 452 g/mol. The summed E-state index contributed by atoms with van der Waals surface area (Å²) in [5.41, 5.74) is 1.25. The SMILES string of the molecule is CCCNc1nc(SCC)nc2c1cnn2CCNC(=O)CCn1cnc2ccccc2c1=O. The lowest BCUT2D eigenvalue weighted by molar-refractivity contribution is -0.121. The molecular formula is C23H28N8O2S. The summed E-state index contributed by atoms with van der Waals surface area (Å²) in [6.07, 6.45) is 4.42. The van der Waals surface area contributed by atoms with E-state index in [9.17, 15) is 9.59 Å². The van der Waals surface area contributed by atoms with E-state index >= 15 is 0 Å². The van der Waals surface area contributed by atoms with Crippen LogP contribution in [0.3, 0.4) is 0 Å². The highest BCUT2D eigenvalue weighted by atomic mass is 32.2. The molecule has 1 aromatic carbocycles. The normalized spacial score (nSPS) is 11.2. The Kier molecular flexibility index (Phi) is 7.73. The van der Waals surface area contributed by atoms with E-state index in [-0.39, 0.29) is 24.4 Å². The number of hydrogen-bond donors (Lipinski definition) is 2. The van der Waals surface area contributed by atoms with E-state index in [1.807, 2.05) is 6.07 Å². The number of rotatable bonds is 11. The Balaban J connectivity index is 1.37. The maximum atomic E-state index is 12.6. The zero-order valence-electron chi connectivity index (χ0n) is 19.3.